The monoisotopic (exact) mass is 397 g/mol. The number of amides is 1. The van der Waals surface area contributed by atoms with Gasteiger partial charge in [0.1, 0.15) is 24.2 Å². The fourth-order valence-corrected chi connectivity index (χ4v) is 2.93. The highest BCUT2D eigenvalue weighted by atomic mass is 16.5. The molecule has 29 heavy (non-hydrogen) atoms. The Morgan fingerprint density at radius 3 is 2.31 bits per heavy atom. The molecule has 1 heterocycles. The summed E-state index contributed by atoms with van der Waals surface area (Å²) in [6.45, 7) is 1.02. The Balaban J connectivity index is 1.76. The van der Waals surface area contributed by atoms with Gasteiger partial charge in [0.25, 0.3) is 5.91 Å². The topological polar surface area (TPSA) is 112 Å². The Morgan fingerprint density at radius 1 is 1.07 bits per heavy atom. The van der Waals surface area contributed by atoms with Crippen LogP contribution in [0.2, 0.25) is 0 Å². The van der Waals surface area contributed by atoms with E-state index in [0.717, 1.165) is 16.7 Å². The van der Waals surface area contributed by atoms with E-state index in [1.807, 2.05) is 54.6 Å². The quantitative estimate of drug-likeness (QED) is 0.343. The van der Waals surface area contributed by atoms with Crippen molar-refractivity contribution < 1.29 is 29.4 Å². The van der Waals surface area contributed by atoms with Crippen molar-refractivity contribution in [1.82, 2.24) is 5.48 Å². The van der Waals surface area contributed by atoms with Gasteiger partial charge in [0.2, 0.25) is 0 Å². The molecule has 0 saturated heterocycles. The second-order valence-electron chi connectivity index (χ2n) is 6.76. The van der Waals surface area contributed by atoms with E-state index >= 15 is 0 Å². The fourth-order valence-electron chi connectivity index (χ4n) is 2.93. The molecule has 3 rings (SSSR count). The zero-order valence-corrected chi connectivity index (χ0v) is 15.9. The van der Waals surface area contributed by atoms with Crippen LogP contribution >= 0.6 is 0 Å². The Morgan fingerprint density at radius 2 is 1.72 bits per heavy atom. The lowest BCUT2D eigenvalue weighted by Gasteiger charge is -2.31. The molecule has 0 fully saturated rings. The van der Waals surface area contributed by atoms with Crippen LogP contribution in [0.3, 0.4) is 0 Å². The molecule has 0 radical (unpaired) electrons. The van der Waals surface area contributed by atoms with Gasteiger partial charge in [0.15, 0.2) is 5.60 Å². The van der Waals surface area contributed by atoms with Gasteiger partial charge in [-0.3, -0.25) is 10.0 Å². The molecule has 2 atom stereocenters. The highest BCUT2D eigenvalue weighted by molar-refractivity contribution is 5.84. The first-order chi connectivity index (χ1) is 14.0. The third kappa shape index (κ3) is 4.55. The summed E-state index contributed by atoms with van der Waals surface area (Å²) in [5.41, 5.74) is 2.61. The average Bonchev–Trinajstić information content (AvgIpc) is 3.26. The van der Waals surface area contributed by atoms with Crippen LogP contribution in [0.5, 0.6) is 0 Å². The Kier molecular flexibility index (Phi) is 6.46. The normalized spacial score (nSPS) is 14.2. The second-order valence-corrected chi connectivity index (χ2v) is 6.76. The van der Waals surface area contributed by atoms with E-state index < -0.39 is 17.6 Å². The molecule has 0 aliphatic carbocycles. The fraction of sp³-hybridized carbons (Fsp3) is 0.227. The molecule has 0 bridgehead atoms. The summed E-state index contributed by atoms with van der Waals surface area (Å²) in [5, 5.41) is 28.9. The maximum atomic E-state index is 12.2. The van der Waals surface area contributed by atoms with Crippen molar-refractivity contribution >= 4 is 5.91 Å². The Labute approximate surface area is 168 Å². The van der Waals surface area contributed by atoms with Gasteiger partial charge in [-0.1, -0.05) is 54.6 Å². The number of hydroxylamine groups is 1. The smallest absolute Gasteiger partial charge is 0.278 e. The Bertz CT molecular complexity index is 937. The van der Waals surface area contributed by atoms with Crippen LogP contribution in [0.1, 0.15) is 30.1 Å². The molecule has 1 amide bonds. The van der Waals surface area contributed by atoms with E-state index in [4.69, 9.17) is 19.5 Å². The number of hydrogen-bond donors (Lipinski definition) is 4. The number of hydrogen-bond acceptors (Lipinski definition) is 6. The van der Waals surface area contributed by atoms with Gasteiger partial charge in [0.05, 0.1) is 6.61 Å². The molecule has 7 nitrogen and oxygen atoms in total. The van der Waals surface area contributed by atoms with Crippen LogP contribution in [0.25, 0.3) is 11.1 Å². The third-order valence-electron chi connectivity index (χ3n) is 4.78. The summed E-state index contributed by atoms with van der Waals surface area (Å²) in [5.74, 6) is -0.644. The lowest BCUT2D eigenvalue weighted by molar-refractivity contribution is -0.175. The summed E-state index contributed by atoms with van der Waals surface area (Å²) in [6.07, 6.45) is -1.50. The number of furan rings is 1. The van der Waals surface area contributed by atoms with E-state index in [1.54, 1.807) is 0 Å². The highest BCUT2D eigenvalue weighted by Crippen LogP contribution is 2.32. The van der Waals surface area contributed by atoms with Crippen molar-refractivity contribution in [1.29, 1.82) is 0 Å². The van der Waals surface area contributed by atoms with E-state index in [-0.39, 0.29) is 24.7 Å². The molecule has 0 unspecified atom stereocenters. The average molecular weight is 397 g/mol. The van der Waals surface area contributed by atoms with Crippen LogP contribution in [0, 0.1) is 0 Å². The second kappa shape index (κ2) is 9.02. The van der Waals surface area contributed by atoms with Gasteiger partial charge >= 0.3 is 0 Å². The molecule has 3 aromatic rings. The summed E-state index contributed by atoms with van der Waals surface area (Å²) in [7, 11) is 0. The molecular formula is C22H23NO6. The van der Waals surface area contributed by atoms with Gasteiger partial charge in [-0.2, -0.15) is 0 Å². The van der Waals surface area contributed by atoms with E-state index in [9.17, 15) is 9.90 Å². The lowest BCUT2D eigenvalue weighted by atomic mass is 9.95. The number of ether oxygens (including phenoxy) is 1. The van der Waals surface area contributed by atoms with Crippen molar-refractivity contribution in [3.8, 4) is 11.1 Å². The lowest BCUT2D eigenvalue weighted by Crippen LogP contribution is -2.49. The van der Waals surface area contributed by atoms with Gasteiger partial charge in [-0.05, 0) is 35.7 Å². The molecule has 0 spiro atoms. The molecule has 1 aromatic heterocycles. The van der Waals surface area contributed by atoms with E-state index in [2.05, 4.69) is 0 Å². The van der Waals surface area contributed by atoms with Crippen LogP contribution in [-0.2, 0) is 22.7 Å². The van der Waals surface area contributed by atoms with Crippen molar-refractivity contribution in [3.63, 3.8) is 0 Å². The predicted molar refractivity (Wildman–Crippen MR) is 105 cm³/mol. The molecule has 152 valence electrons. The van der Waals surface area contributed by atoms with Crippen molar-refractivity contribution in [2.75, 3.05) is 0 Å². The number of aliphatic hydroxyl groups is 2. The zero-order valence-electron chi connectivity index (χ0n) is 15.9. The summed E-state index contributed by atoms with van der Waals surface area (Å²) < 4.78 is 11.0. The first kappa shape index (κ1) is 20.8. The highest BCUT2D eigenvalue weighted by Gasteiger charge is 2.44. The van der Waals surface area contributed by atoms with Crippen LogP contribution < -0.4 is 5.48 Å². The minimum Gasteiger partial charge on any atom is -0.461 e. The largest absolute Gasteiger partial charge is 0.461 e. The van der Waals surface area contributed by atoms with Gasteiger partial charge in [0, 0.05) is 0 Å². The van der Waals surface area contributed by atoms with Gasteiger partial charge in [-0.25, -0.2) is 5.48 Å². The van der Waals surface area contributed by atoms with Crippen molar-refractivity contribution in [3.05, 3.63) is 83.8 Å². The molecule has 0 aliphatic rings. The molecule has 0 aliphatic heterocycles. The minimum atomic E-state index is -1.82. The maximum absolute atomic E-state index is 12.2. The summed E-state index contributed by atoms with van der Waals surface area (Å²) in [6, 6.07) is 20.4. The number of rotatable bonds is 8. The standard InChI is InChI=1S/C22H23NO6/c1-22(21(26)23-27,20(25)19-12-11-18(13-24)29-19)28-14-15-7-9-17(10-8-15)16-5-3-2-4-6-16/h2-12,20,24-25,27H,13-14H2,1H3,(H,23,26)/t20-,22-/m0/s1. The third-order valence-corrected chi connectivity index (χ3v) is 4.78. The van der Waals surface area contributed by atoms with Crippen LogP contribution in [0.4, 0.5) is 0 Å². The summed E-state index contributed by atoms with van der Waals surface area (Å²) in [4.78, 5) is 12.2. The molecule has 2 aromatic carbocycles. The van der Waals surface area contributed by atoms with E-state index in [0.29, 0.717) is 0 Å². The van der Waals surface area contributed by atoms with Crippen molar-refractivity contribution in [2.45, 2.75) is 31.8 Å². The first-order valence-electron chi connectivity index (χ1n) is 9.08. The molecule has 4 N–H and O–H groups in total. The van der Waals surface area contributed by atoms with Crippen LogP contribution in [0.15, 0.2) is 71.1 Å². The SMILES string of the molecule is C[C@@](OCc1ccc(-c2ccccc2)cc1)(C(=O)NO)[C@@H](O)c1ccc(CO)o1. The predicted octanol–water partition coefficient (Wildman–Crippen LogP) is 2.95. The number of nitrogens with one attached hydrogen (secondary N) is 1. The molecular weight excluding hydrogens is 374 g/mol. The number of benzene rings is 2. The van der Waals surface area contributed by atoms with Crippen molar-refractivity contribution in [2.24, 2.45) is 0 Å². The number of carbonyl (C=O) groups is 1. The first-order valence-corrected chi connectivity index (χ1v) is 9.08. The molecule has 7 heteroatoms. The zero-order chi connectivity index (χ0) is 20.9. The Hall–Kier alpha value is -2.97. The maximum Gasteiger partial charge on any atom is 0.278 e. The van der Waals surface area contributed by atoms with Gasteiger partial charge < -0.3 is 19.4 Å². The van der Waals surface area contributed by atoms with E-state index in [1.165, 1.54) is 24.5 Å². The number of carbonyl (C=O) groups excluding carboxylic acids is 1. The minimum absolute atomic E-state index is 0.0175. The number of aliphatic hydroxyl groups excluding tert-OH is 2. The summed E-state index contributed by atoms with van der Waals surface area (Å²) >= 11 is 0. The molecule has 0 saturated carbocycles. The van der Waals surface area contributed by atoms with Crippen LogP contribution in [-0.4, -0.2) is 26.9 Å². The van der Waals surface area contributed by atoms with Gasteiger partial charge in [-0.15, -0.1) is 0 Å².